The number of hydrazone groups is 1. The number of carbonyl (C=O) groups is 1. The van der Waals surface area contributed by atoms with Crippen molar-refractivity contribution in [3.8, 4) is 11.5 Å². The Labute approximate surface area is 174 Å². The van der Waals surface area contributed by atoms with Crippen molar-refractivity contribution in [3.05, 3.63) is 78.8 Å². The molecule has 0 saturated heterocycles. The van der Waals surface area contributed by atoms with Gasteiger partial charge in [-0.3, -0.25) is 9.10 Å². The van der Waals surface area contributed by atoms with Crippen molar-refractivity contribution < 1.29 is 22.4 Å². The average molecular weight is 427 g/mol. The summed E-state index contributed by atoms with van der Waals surface area (Å²) in [5, 5.41) is 3.79. The molecule has 2 aromatic carbocycles. The van der Waals surface area contributed by atoms with E-state index in [1.54, 1.807) is 36.4 Å². The van der Waals surface area contributed by atoms with Gasteiger partial charge in [0.15, 0.2) is 0 Å². The average Bonchev–Trinajstić information content (AvgIpc) is 3.22. The molecule has 0 bridgehead atoms. The van der Waals surface area contributed by atoms with Crippen LogP contribution in [-0.4, -0.2) is 32.8 Å². The molecule has 1 aromatic heterocycles. The number of hydrogen-bond donors (Lipinski definition) is 1. The van der Waals surface area contributed by atoms with Crippen LogP contribution in [0.15, 0.2) is 82.5 Å². The molecule has 0 saturated carbocycles. The zero-order valence-corrected chi connectivity index (χ0v) is 17.2. The Hall–Kier alpha value is -3.59. The summed E-state index contributed by atoms with van der Waals surface area (Å²) in [5.41, 5.74) is 2.66. The van der Waals surface area contributed by atoms with Crippen LogP contribution in [0.3, 0.4) is 0 Å². The molecule has 0 fully saturated rings. The van der Waals surface area contributed by atoms with E-state index in [-0.39, 0.29) is 0 Å². The van der Waals surface area contributed by atoms with Gasteiger partial charge in [-0.05, 0) is 55.5 Å². The molecule has 0 radical (unpaired) electrons. The lowest BCUT2D eigenvalue weighted by Gasteiger charge is -2.27. The maximum Gasteiger partial charge on any atom is 0.263 e. The number of sulfonamides is 1. The van der Waals surface area contributed by atoms with Crippen LogP contribution >= 0.6 is 0 Å². The first-order valence-corrected chi connectivity index (χ1v) is 10.9. The van der Waals surface area contributed by atoms with E-state index >= 15 is 0 Å². The van der Waals surface area contributed by atoms with E-state index < -0.39 is 22.0 Å². The van der Waals surface area contributed by atoms with Gasteiger partial charge in [-0.25, -0.2) is 13.8 Å². The van der Waals surface area contributed by atoms with Gasteiger partial charge in [0.2, 0.25) is 10.0 Å². The summed E-state index contributed by atoms with van der Waals surface area (Å²) in [5.74, 6) is 1.07. The number of amides is 1. The lowest BCUT2D eigenvalue weighted by Crippen LogP contribution is -2.46. The fraction of sp³-hybridized carbons (Fsp3) is 0.143. The first-order valence-electron chi connectivity index (χ1n) is 9.03. The number of nitrogens with zero attached hydrogens (tertiary/aromatic N) is 2. The minimum Gasteiger partial charge on any atom is -0.463 e. The quantitative estimate of drug-likeness (QED) is 0.439. The van der Waals surface area contributed by atoms with Gasteiger partial charge in [0.25, 0.3) is 5.91 Å². The summed E-state index contributed by atoms with van der Waals surface area (Å²) in [6.45, 7) is 1.48. The van der Waals surface area contributed by atoms with E-state index in [1.807, 2.05) is 30.3 Å². The molecule has 8 nitrogen and oxygen atoms in total. The molecule has 0 aliphatic carbocycles. The molecule has 0 aliphatic heterocycles. The lowest BCUT2D eigenvalue weighted by molar-refractivity contribution is -0.121. The number of nitrogens with one attached hydrogen (secondary N) is 1. The fourth-order valence-corrected chi connectivity index (χ4v) is 3.89. The van der Waals surface area contributed by atoms with Crippen molar-refractivity contribution in [1.82, 2.24) is 5.43 Å². The fourth-order valence-electron chi connectivity index (χ4n) is 2.71. The number of furan rings is 1. The van der Waals surface area contributed by atoms with Gasteiger partial charge in [0.1, 0.15) is 23.3 Å². The molecule has 0 aliphatic rings. The summed E-state index contributed by atoms with van der Waals surface area (Å²) < 4.78 is 36.6. The normalized spacial score (nSPS) is 12.5. The van der Waals surface area contributed by atoms with E-state index in [1.165, 1.54) is 19.4 Å². The summed E-state index contributed by atoms with van der Waals surface area (Å²) >= 11 is 0. The first kappa shape index (κ1) is 21.1. The van der Waals surface area contributed by atoms with Crippen LogP contribution in [0.25, 0.3) is 0 Å². The molecule has 0 unspecified atom stereocenters. The van der Waals surface area contributed by atoms with E-state index in [0.717, 1.165) is 10.6 Å². The Morgan fingerprint density at radius 1 is 1.07 bits per heavy atom. The number of rotatable bonds is 8. The van der Waals surface area contributed by atoms with Crippen molar-refractivity contribution in [2.45, 2.75) is 13.0 Å². The van der Waals surface area contributed by atoms with E-state index in [2.05, 4.69) is 10.5 Å². The Balaban J connectivity index is 1.74. The highest BCUT2D eigenvalue weighted by Gasteiger charge is 2.29. The third-order valence-electron chi connectivity index (χ3n) is 4.07. The largest absolute Gasteiger partial charge is 0.463 e. The third-order valence-corrected chi connectivity index (χ3v) is 5.31. The number of ether oxygens (including phenoxy) is 1. The minimum atomic E-state index is -3.74. The Morgan fingerprint density at radius 3 is 2.33 bits per heavy atom. The van der Waals surface area contributed by atoms with Crippen LogP contribution < -0.4 is 14.5 Å². The molecule has 30 heavy (non-hydrogen) atoms. The summed E-state index contributed by atoms with van der Waals surface area (Å²) in [7, 11) is -3.74. The predicted molar refractivity (Wildman–Crippen MR) is 114 cm³/mol. The molecule has 3 rings (SSSR count). The van der Waals surface area contributed by atoms with Crippen molar-refractivity contribution in [2.24, 2.45) is 5.10 Å². The SMILES string of the molecule is C[C@@H](C(=O)N/N=C\c1ccco1)N(c1ccc(Oc2ccccc2)cc1)S(C)(=O)=O. The van der Waals surface area contributed by atoms with Crippen LogP contribution in [0.5, 0.6) is 11.5 Å². The molecule has 1 atom stereocenters. The van der Waals surface area contributed by atoms with E-state index in [4.69, 9.17) is 9.15 Å². The summed E-state index contributed by atoms with van der Waals surface area (Å²) in [4.78, 5) is 12.5. The van der Waals surface area contributed by atoms with Crippen LogP contribution in [0.2, 0.25) is 0 Å². The van der Waals surface area contributed by atoms with Crippen molar-refractivity contribution in [2.75, 3.05) is 10.6 Å². The molecular formula is C21H21N3O5S. The number of benzene rings is 2. The Kier molecular flexibility index (Phi) is 6.53. The zero-order valence-electron chi connectivity index (χ0n) is 16.4. The highest BCUT2D eigenvalue weighted by molar-refractivity contribution is 7.92. The van der Waals surface area contributed by atoms with Gasteiger partial charge in [0, 0.05) is 0 Å². The molecule has 0 spiro atoms. The molecule has 156 valence electrons. The first-order chi connectivity index (χ1) is 14.3. The summed E-state index contributed by atoms with van der Waals surface area (Å²) in [6.07, 6.45) is 3.84. The van der Waals surface area contributed by atoms with Gasteiger partial charge in [-0.2, -0.15) is 5.10 Å². The monoisotopic (exact) mass is 427 g/mol. The second-order valence-electron chi connectivity index (χ2n) is 6.39. The molecule has 1 amide bonds. The number of carbonyl (C=O) groups excluding carboxylic acids is 1. The molecule has 9 heteroatoms. The number of anilines is 1. The highest BCUT2D eigenvalue weighted by atomic mass is 32.2. The summed E-state index contributed by atoms with van der Waals surface area (Å²) in [6, 6.07) is 18.0. The molecular weight excluding hydrogens is 406 g/mol. The second-order valence-corrected chi connectivity index (χ2v) is 8.25. The van der Waals surface area contributed by atoms with E-state index in [9.17, 15) is 13.2 Å². The molecule has 1 N–H and O–H groups in total. The van der Waals surface area contributed by atoms with Crippen LogP contribution in [0.4, 0.5) is 5.69 Å². The maximum absolute atomic E-state index is 12.5. The van der Waals surface area contributed by atoms with Gasteiger partial charge < -0.3 is 9.15 Å². The molecule has 3 aromatic rings. The third kappa shape index (κ3) is 5.48. The maximum atomic E-state index is 12.5. The number of hydrogen-bond acceptors (Lipinski definition) is 6. The number of para-hydroxylation sites is 1. The zero-order chi connectivity index (χ0) is 21.6. The van der Waals surface area contributed by atoms with Crippen LogP contribution in [-0.2, 0) is 14.8 Å². The van der Waals surface area contributed by atoms with Gasteiger partial charge in [-0.1, -0.05) is 18.2 Å². The highest BCUT2D eigenvalue weighted by Crippen LogP contribution is 2.26. The second kappa shape index (κ2) is 9.27. The molecule has 1 heterocycles. The van der Waals surface area contributed by atoms with Gasteiger partial charge in [-0.15, -0.1) is 0 Å². The Bertz CT molecular complexity index is 1100. The van der Waals surface area contributed by atoms with Crippen molar-refractivity contribution >= 4 is 27.8 Å². The van der Waals surface area contributed by atoms with Crippen LogP contribution in [0, 0.1) is 0 Å². The Morgan fingerprint density at radius 2 is 1.73 bits per heavy atom. The smallest absolute Gasteiger partial charge is 0.263 e. The van der Waals surface area contributed by atoms with Crippen molar-refractivity contribution in [1.29, 1.82) is 0 Å². The minimum absolute atomic E-state index is 0.329. The lowest BCUT2D eigenvalue weighted by atomic mass is 10.2. The van der Waals surface area contributed by atoms with Gasteiger partial charge in [0.05, 0.1) is 24.4 Å². The standard InChI is InChI=1S/C21H21N3O5S/c1-16(21(25)23-22-15-20-9-6-14-28-20)24(30(2,26)27)17-10-12-19(13-11-17)29-18-7-4-3-5-8-18/h3-16H,1-2H3,(H,23,25)/b22-15-/t16-/m0/s1. The predicted octanol–water partition coefficient (Wildman–Crippen LogP) is 3.38. The van der Waals surface area contributed by atoms with Gasteiger partial charge >= 0.3 is 0 Å². The van der Waals surface area contributed by atoms with E-state index in [0.29, 0.717) is 22.9 Å². The van der Waals surface area contributed by atoms with Crippen LogP contribution in [0.1, 0.15) is 12.7 Å². The topological polar surface area (TPSA) is 101 Å². The van der Waals surface area contributed by atoms with Crippen molar-refractivity contribution in [3.63, 3.8) is 0 Å².